The summed E-state index contributed by atoms with van der Waals surface area (Å²) in [5.74, 6) is 0.136. The molecule has 162 valence electrons. The van der Waals surface area contributed by atoms with Crippen LogP contribution >= 0.6 is 0 Å². The van der Waals surface area contributed by atoms with Crippen molar-refractivity contribution < 1.29 is 13.2 Å². The molecular formula is C23H26N4O3S. The van der Waals surface area contributed by atoms with Crippen molar-refractivity contribution in [2.24, 2.45) is 5.92 Å². The maximum atomic E-state index is 12.8. The number of hydrogen-bond donors (Lipinski definition) is 1. The standard InChI is InChI=1S/C23H26N4O3S/c1-31(29,30)26-19-8-6-17(7-9-19)23(28)18-10-13-27(14-11-18)15-12-20-16-24-21-4-2-3-5-22(21)25-20/h2-9,16,18,26H,10-15H2,1H3. The van der Waals surface area contributed by atoms with Crippen molar-refractivity contribution in [1.82, 2.24) is 14.9 Å². The Morgan fingerprint density at radius 1 is 1.06 bits per heavy atom. The molecule has 0 saturated carbocycles. The molecule has 0 unspecified atom stereocenters. The van der Waals surface area contributed by atoms with E-state index in [-0.39, 0.29) is 11.7 Å². The van der Waals surface area contributed by atoms with E-state index in [4.69, 9.17) is 0 Å². The largest absolute Gasteiger partial charge is 0.303 e. The van der Waals surface area contributed by atoms with Gasteiger partial charge in [-0.15, -0.1) is 0 Å². The Morgan fingerprint density at radius 3 is 2.42 bits per heavy atom. The molecule has 1 aromatic heterocycles. The first kappa shape index (κ1) is 21.4. The predicted molar refractivity (Wildman–Crippen MR) is 122 cm³/mol. The van der Waals surface area contributed by atoms with Gasteiger partial charge in [-0.2, -0.15) is 0 Å². The number of sulfonamides is 1. The fourth-order valence-corrected chi connectivity index (χ4v) is 4.52. The fraction of sp³-hybridized carbons (Fsp3) is 0.348. The van der Waals surface area contributed by atoms with Crippen LogP contribution in [0.15, 0.2) is 54.7 Å². The van der Waals surface area contributed by atoms with Crippen LogP contribution in [0.3, 0.4) is 0 Å². The highest BCUT2D eigenvalue weighted by Crippen LogP contribution is 2.23. The van der Waals surface area contributed by atoms with E-state index in [1.807, 2.05) is 30.5 Å². The van der Waals surface area contributed by atoms with Crippen molar-refractivity contribution in [2.45, 2.75) is 19.3 Å². The summed E-state index contributed by atoms with van der Waals surface area (Å²) in [5, 5.41) is 0. The van der Waals surface area contributed by atoms with Gasteiger partial charge in [0.1, 0.15) is 0 Å². The van der Waals surface area contributed by atoms with Gasteiger partial charge in [0.05, 0.1) is 23.0 Å². The summed E-state index contributed by atoms with van der Waals surface area (Å²) >= 11 is 0. The zero-order chi connectivity index (χ0) is 21.8. The van der Waals surface area contributed by atoms with Crippen molar-refractivity contribution in [2.75, 3.05) is 30.6 Å². The van der Waals surface area contributed by atoms with E-state index in [1.165, 1.54) is 0 Å². The molecule has 31 heavy (non-hydrogen) atoms. The number of carbonyl (C=O) groups is 1. The molecule has 8 heteroatoms. The number of nitrogens with zero attached hydrogens (tertiary/aromatic N) is 3. The summed E-state index contributed by atoms with van der Waals surface area (Å²) in [6, 6.07) is 14.5. The number of carbonyl (C=O) groups excluding carboxylic acids is 1. The number of anilines is 1. The zero-order valence-corrected chi connectivity index (χ0v) is 18.3. The predicted octanol–water partition coefficient (Wildman–Crippen LogP) is 3.14. The third kappa shape index (κ3) is 5.65. The van der Waals surface area contributed by atoms with Gasteiger partial charge in [-0.25, -0.2) is 13.4 Å². The minimum Gasteiger partial charge on any atom is -0.303 e. The summed E-state index contributed by atoms with van der Waals surface area (Å²) in [5.41, 5.74) is 3.90. The van der Waals surface area contributed by atoms with Crippen molar-refractivity contribution in [3.63, 3.8) is 0 Å². The molecule has 1 N–H and O–H groups in total. The Bertz CT molecular complexity index is 1170. The van der Waals surface area contributed by atoms with Gasteiger partial charge < -0.3 is 4.90 Å². The number of para-hydroxylation sites is 2. The molecule has 0 aliphatic carbocycles. The van der Waals surface area contributed by atoms with Crippen LogP contribution in [0.5, 0.6) is 0 Å². The van der Waals surface area contributed by atoms with Gasteiger partial charge in [-0.1, -0.05) is 12.1 Å². The lowest BCUT2D eigenvalue weighted by molar-refractivity contribution is 0.0841. The molecular weight excluding hydrogens is 412 g/mol. The summed E-state index contributed by atoms with van der Waals surface area (Å²) < 4.78 is 25.0. The van der Waals surface area contributed by atoms with E-state index in [0.717, 1.165) is 61.9 Å². The second kappa shape index (κ2) is 9.11. The molecule has 2 aromatic carbocycles. The quantitative estimate of drug-likeness (QED) is 0.570. The zero-order valence-electron chi connectivity index (χ0n) is 17.5. The molecule has 0 bridgehead atoms. The molecule has 0 atom stereocenters. The van der Waals surface area contributed by atoms with E-state index in [0.29, 0.717) is 11.3 Å². The summed E-state index contributed by atoms with van der Waals surface area (Å²) in [4.78, 5) is 24.4. The number of ketones is 1. The van der Waals surface area contributed by atoms with Gasteiger partial charge in [-0.3, -0.25) is 14.5 Å². The topological polar surface area (TPSA) is 92.3 Å². The average molecular weight is 439 g/mol. The Kier molecular flexibility index (Phi) is 6.29. The maximum absolute atomic E-state index is 12.8. The van der Waals surface area contributed by atoms with Crippen LogP contribution in [0, 0.1) is 5.92 Å². The molecule has 1 saturated heterocycles. The molecule has 3 aromatic rings. The first-order valence-electron chi connectivity index (χ1n) is 10.4. The normalized spacial score (nSPS) is 15.8. The highest BCUT2D eigenvalue weighted by molar-refractivity contribution is 7.92. The lowest BCUT2D eigenvalue weighted by Crippen LogP contribution is -2.37. The van der Waals surface area contributed by atoms with Gasteiger partial charge in [0.25, 0.3) is 0 Å². The summed E-state index contributed by atoms with van der Waals surface area (Å²) in [6.07, 6.45) is 5.44. The number of rotatable bonds is 7. The monoisotopic (exact) mass is 438 g/mol. The van der Waals surface area contributed by atoms with Crippen LogP contribution in [-0.2, 0) is 16.4 Å². The second-order valence-electron chi connectivity index (χ2n) is 8.03. The fourth-order valence-electron chi connectivity index (χ4n) is 3.96. The van der Waals surface area contributed by atoms with Crippen LogP contribution in [-0.4, -0.2) is 55.0 Å². The number of piperidine rings is 1. The Hall–Kier alpha value is -2.84. The number of fused-ring (bicyclic) bond motifs is 1. The minimum atomic E-state index is -3.32. The molecule has 0 spiro atoms. The number of aromatic nitrogens is 2. The van der Waals surface area contributed by atoms with Crippen molar-refractivity contribution in [1.29, 1.82) is 0 Å². The smallest absolute Gasteiger partial charge is 0.229 e. The first-order chi connectivity index (χ1) is 14.9. The lowest BCUT2D eigenvalue weighted by atomic mass is 9.89. The molecule has 0 radical (unpaired) electrons. The van der Waals surface area contributed by atoms with E-state index in [2.05, 4.69) is 19.6 Å². The van der Waals surface area contributed by atoms with E-state index < -0.39 is 10.0 Å². The second-order valence-corrected chi connectivity index (χ2v) is 9.78. The summed E-state index contributed by atoms with van der Waals surface area (Å²) in [6.45, 7) is 2.66. The first-order valence-corrected chi connectivity index (χ1v) is 12.3. The summed E-state index contributed by atoms with van der Waals surface area (Å²) in [7, 11) is -3.32. The molecule has 1 aliphatic heterocycles. The SMILES string of the molecule is CS(=O)(=O)Nc1ccc(C(=O)C2CCN(CCc3cnc4ccccc4n3)CC2)cc1. The van der Waals surface area contributed by atoms with Crippen LogP contribution in [0.4, 0.5) is 5.69 Å². The van der Waals surface area contributed by atoms with Gasteiger partial charge in [-0.05, 0) is 62.3 Å². The van der Waals surface area contributed by atoms with Crippen molar-refractivity contribution in [3.05, 3.63) is 66.0 Å². The van der Waals surface area contributed by atoms with E-state index in [1.54, 1.807) is 24.3 Å². The maximum Gasteiger partial charge on any atom is 0.229 e. The van der Waals surface area contributed by atoms with Crippen LogP contribution in [0.25, 0.3) is 11.0 Å². The molecule has 7 nitrogen and oxygen atoms in total. The van der Waals surface area contributed by atoms with Crippen LogP contribution in [0.1, 0.15) is 28.9 Å². The number of benzene rings is 2. The third-order valence-electron chi connectivity index (χ3n) is 5.61. The van der Waals surface area contributed by atoms with Crippen LogP contribution in [0.2, 0.25) is 0 Å². The van der Waals surface area contributed by atoms with Crippen molar-refractivity contribution in [3.8, 4) is 0 Å². The van der Waals surface area contributed by atoms with E-state index >= 15 is 0 Å². The van der Waals surface area contributed by atoms with Gasteiger partial charge >= 0.3 is 0 Å². The number of Topliss-reactive ketones (excluding diaryl/α,β-unsaturated/α-hetero) is 1. The van der Waals surface area contributed by atoms with Gasteiger partial charge in [0.15, 0.2) is 5.78 Å². The Balaban J connectivity index is 1.28. The highest BCUT2D eigenvalue weighted by Gasteiger charge is 2.25. The van der Waals surface area contributed by atoms with Gasteiger partial charge in [0, 0.05) is 36.3 Å². The third-order valence-corrected chi connectivity index (χ3v) is 6.22. The van der Waals surface area contributed by atoms with Crippen molar-refractivity contribution >= 4 is 32.5 Å². The molecule has 0 amide bonds. The van der Waals surface area contributed by atoms with Crippen LogP contribution < -0.4 is 4.72 Å². The minimum absolute atomic E-state index is 0.00503. The molecule has 1 fully saturated rings. The molecule has 4 rings (SSSR count). The number of likely N-dealkylation sites (tertiary alicyclic amines) is 1. The lowest BCUT2D eigenvalue weighted by Gasteiger charge is -2.31. The number of nitrogens with one attached hydrogen (secondary N) is 1. The van der Waals surface area contributed by atoms with Gasteiger partial charge in [0.2, 0.25) is 10.0 Å². The number of hydrogen-bond acceptors (Lipinski definition) is 6. The molecule has 1 aliphatic rings. The average Bonchev–Trinajstić information content (AvgIpc) is 2.77. The Morgan fingerprint density at radius 2 is 1.74 bits per heavy atom. The Labute approximate surface area is 182 Å². The van der Waals surface area contributed by atoms with E-state index in [9.17, 15) is 13.2 Å². The highest BCUT2D eigenvalue weighted by atomic mass is 32.2. The molecule has 2 heterocycles.